The number of carbonyl (C=O) groups is 1. The van der Waals surface area contributed by atoms with E-state index < -0.39 is 13.6 Å². The maximum Gasteiger partial charge on any atom is 0.354 e. The van der Waals surface area contributed by atoms with Gasteiger partial charge in [0.05, 0.1) is 13.2 Å². The van der Waals surface area contributed by atoms with E-state index >= 15 is 0 Å². The lowest BCUT2D eigenvalue weighted by atomic mass is 10.7. The predicted molar refractivity (Wildman–Crippen MR) is 47.6 cm³/mol. The summed E-state index contributed by atoms with van der Waals surface area (Å²) in [6, 6.07) is 0. The van der Waals surface area contributed by atoms with Crippen LogP contribution in [0.5, 0.6) is 0 Å². The second-order valence-electron chi connectivity index (χ2n) is 2.03. The minimum absolute atomic E-state index is 0.210. The van der Waals surface area contributed by atoms with E-state index in [1.807, 2.05) is 0 Å². The van der Waals surface area contributed by atoms with Crippen molar-refractivity contribution in [2.24, 2.45) is 0 Å². The first kappa shape index (κ1) is 12.4. The molecule has 13 heavy (non-hydrogen) atoms. The first-order chi connectivity index (χ1) is 6.04. The minimum Gasteiger partial charge on any atom is -0.478 e. The molecule has 0 unspecified atom stereocenters. The lowest BCUT2D eigenvalue weighted by Crippen LogP contribution is -1.94. The number of carboxylic acid groups (broad SMARTS) is 1. The molecule has 0 aromatic heterocycles. The van der Waals surface area contributed by atoms with E-state index in [9.17, 15) is 9.36 Å². The van der Waals surface area contributed by atoms with E-state index in [-0.39, 0.29) is 13.2 Å². The highest BCUT2D eigenvalue weighted by Crippen LogP contribution is 2.49. The van der Waals surface area contributed by atoms with E-state index in [0.29, 0.717) is 0 Å². The lowest BCUT2D eigenvalue weighted by molar-refractivity contribution is -0.131. The third kappa shape index (κ3) is 5.58. The fourth-order valence-electron chi connectivity index (χ4n) is 0.638. The molecule has 1 N–H and O–H groups in total. The summed E-state index contributed by atoms with van der Waals surface area (Å²) in [5.74, 6) is -0.234. The molecule has 0 saturated carbocycles. The molecule has 0 aliphatic heterocycles. The monoisotopic (exact) mass is 208 g/mol. The van der Waals surface area contributed by atoms with Gasteiger partial charge in [-0.3, -0.25) is 4.57 Å². The van der Waals surface area contributed by atoms with Gasteiger partial charge in [-0.1, -0.05) is 0 Å². The maximum atomic E-state index is 11.5. The number of hydrogen-bond donors (Lipinski definition) is 1. The Bertz CT molecular complexity index is 225. The largest absolute Gasteiger partial charge is 0.478 e. The second-order valence-corrected chi connectivity index (χ2v) is 3.92. The Morgan fingerprint density at radius 1 is 1.38 bits per heavy atom. The molecule has 0 fully saturated rings. The lowest BCUT2D eigenvalue weighted by Gasteiger charge is -2.11. The Morgan fingerprint density at radius 3 is 2.15 bits per heavy atom. The summed E-state index contributed by atoms with van der Waals surface area (Å²) in [6.45, 7) is 3.73. The summed E-state index contributed by atoms with van der Waals surface area (Å²) in [4.78, 5) is 10.1. The smallest absolute Gasteiger partial charge is 0.354 e. The van der Waals surface area contributed by atoms with Crippen LogP contribution in [0.3, 0.4) is 0 Å². The Hall–Kier alpha value is -0.640. The fraction of sp³-hybridized carbons (Fsp3) is 0.571. The quantitative estimate of drug-likeness (QED) is 0.532. The van der Waals surface area contributed by atoms with Crippen LogP contribution in [0.25, 0.3) is 0 Å². The molecule has 0 saturated heterocycles. The molecular formula is C7H13O5P. The van der Waals surface area contributed by atoms with Crippen LogP contribution in [0.2, 0.25) is 0 Å². The van der Waals surface area contributed by atoms with Gasteiger partial charge in [0.2, 0.25) is 0 Å². The maximum absolute atomic E-state index is 11.5. The highest BCUT2D eigenvalue weighted by Gasteiger charge is 2.19. The Morgan fingerprint density at radius 2 is 1.85 bits per heavy atom. The van der Waals surface area contributed by atoms with E-state index in [4.69, 9.17) is 14.2 Å². The van der Waals surface area contributed by atoms with Gasteiger partial charge in [-0.15, -0.1) is 0 Å². The Kier molecular flexibility index (Phi) is 5.62. The van der Waals surface area contributed by atoms with Crippen LogP contribution in [0.4, 0.5) is 0 Å². The number of carboxylic acids is 1. The number of hydrogen-bond acceptors (Lipinski definition) is 4. The second kappa shape index (κ2) is 5.91. The van der Waals surface area contributed by atoms with Crippen molar-refractivity contribution in [2.45, 2.75) is 13.8 Å². The molecule has 0 aromatic carbocycles. The first-order valence-electron chi connectivity index (χ1n) is 3.85. The summed E-state index contributed by atoms with van der Waals surface area (Å²) >= 11 is 0. The van der Waals surface area contributed by atoms with Crippen LogP contribution < -0.4 is 0 Å². The van der Waals surface area contributed by atoms with Crippen molar-refractivity contribution in [2.75, 3.05) is 13.2 Å². The van der Waals surface area contributed by atoms with Crippen molar-refractivity contribution in [1.82, 2.24) is 0 Å². The normalized spacial score (nSPS) is 12.2. The van der Waals surface area contributed by atoms with Crippen molar-refractivity contribution < 1.29 is 23.5 Å². The van der Waals surface area contributed by atoms with Crippen LogP contribution in [0.15, 0.2) is 11.9 Å². The van der Waals surface area contributed by atoms with Crippen LogP contribution >= 0.6 is 7.60 Å². The zero-order valence-corrected chi connectivity index (χ0v) is 8.49. The first-order valence-corrected chi connectivity index (χ1v) is 5.46. The molecule has 76 valence electrons. The van der Waals surface area contributed by atoms with Gasteiger partial charge >= 0.3 is 13.6 Å². The van der Waals surface area contributed by atoms with Crippen molar-refractivity contribution in [1.29, 1.82) is 0 Å². The van der Waals surface area contributed by atoms with Crippen LogP contribution in [-0.4, -0.2) is 24.3 Å². The van der Waals surface area contributed by atoms with Crippen LogP contribution in [0, 0.1) is 0 Å². The van der Waals surface area contributed by atoms with Crippen molar-refractivity contribution >= 4 is 13.6 Å². The topological polar surface area (TPSA) is 72.8 Å². The third-order valence-corrected chi connectivity index (χ3v) is 2.77. The summed E-state index contributed by atoms with van der Waals surface area (Å²) in [6.07, 6.45) is 0.756. The van der Waals surface area contributed by atoms with Gasteiger partial charge in [0.25, 0.3) is 0 Å². The molecular weight excluding hydrogens is 195 g/mol. The molecule has 0 aromatic rings. The molecule has 6 heteroatoms. The molecule has 0 bridgehead atoms. The molecule has 0 radical (unpaired) electrons. The molecule has 0 heterocycles. The molecule has 0 aliphatic carbocycles. The summed E-state index contributed by atoms with van der Waals surface area (Å²) < 4.78 is 21.1. The van der Waals surface area contributed by atoms with Gasteiger partial charge in [-0.05, 0) is 13.8 Å². The molecule has 0 amide bonds. The SMILES string of the molecule is CCOP(=O)(/C=C/C(=O)O)OCC. The fourth-order valence-corrected chi connectivity index (χ4v) is 1.91. The van der Waals surface area contributed by atoms with E-state index in [0.717, 1.165) is 11.9 Å². The van der Waals surface area contributed by atoms with Gasteiger partial charge in [0.15, 0.2) is 0 Å². The van der Waals surface area contributed by atoms with Gasteiger partial charge in [0, 0.05) is 11.9 Å². The third-order valence-electron chi connectivity index (χ3n) is 1.02. The molecule has 0 aliphatic rings. The van der Waals surface area contributed by atoms with Gasteiger partial charge in [-0.25, -0.2) is 4.79 Å². The minimum atomic E-state index is -3.33. The zero-order chi connectivity index (χ0) is 10.3. The van der Waals surface area contributed by atoms with Crippen LogP contribution in [-0.2, 0) is 18.4 Å². The number of aliphatic carboxylic acids is 1. The molecule has 0 atom stereocenters. The van der Waals surface area contributed by atoms with Crippen LogP contribution in [0.1, 0.15) is 13.8 Å². The number of rotatable bonds is 6. The Labute approximate surface area is 76.9 Å². The van der Waals surface area contributed by atoms with Gasteiger partial charge in [-0.2, -0.15) is 0 Å². The summed E-state index contributed by atoms with van der Waals surface area (Å²) in [5, 5.41) is 8.29. The summed E-state index contributed by atoms with van der Waals surface area (Å²) in [7, 11) is -3.33. The van der Waals surface area contributed by atoms with Gasteiger partial charge in [0.1, 0.15) is 0 Å². The predicted octanol–water partition coefficient (Wildman–Crippen LogP) is 1.85. The standard InChI is InChI=1S/C7H13O5P/c1-3-11-13(10,12-4-2)6-5-7(8)9/h5-6H,3-4H2,1-2H3,(H,8,9)/b6-5+. The highest BCUT2D eigenvalue weighted by molar-refractivity contribution is 7.57. The van der Waals surface area contributed by atoms with E-state index in [2.05, 4.69) is 0 Å². The summed E-state index contributed by atoms with van der Waals surface area (Å²) in [5.41, 5.74) is 0. The van der Waals surface area contributed by atoms with Crippen molar-refractivity contribution in [3.05, 3.63) is 11.9 Å². The zero-order valence-electron chi connectivity index (χ0n) is 7.60. The highest BCUT2D eigenvalue weighted by atomic mass is 31.2. The van der Waals surface area contributed by atoms with E-state index in [1.54, 1.807) is 13.8 Å². The molecule has 0 spiro atoms. The van der Waals surface area contributed by atoms with Crippen molar-refractivity contribution in [3.8, 4) is 0 Å². The average molecular weight is 208 g/mol. The van der Waals surface area contributed by atoms with E-state index in [1.165, 1.54) is 0 Å². The van der Waals surface area contributed by atoms with Crippen molar-refractivity contribution in [3.63, 3.8) is 0 Å². The molecule has 5 nitrogen and oxygen atoms in total. The Balaban J connectivity index is 4.40. The average Bonchev–Trinajstić information content (AvgIpc) is 2.02. The van der Waals surface area contributed by atoms with Gasteiger partial charge < -0.3 is 14.2 Å². The molecule has 0 rings (SSSR count).